The first-order chi connectivity index (χ1) is 12.4. The number of amides is 2. The minimum atomic E-state index is -1.11. The van der Waals surface area contributed by atoms with Gasteiger partial charge in [-0.25, -0.2) is 9.78 Å². The highest BCUT2D eigenvalue weighted by molar-refractivity contribution is 7.09. The summed E-state index contributed by atoms with van der Waals surface area (Å²) >= 11 is 1.16. The first kappa shape index (κ1) is 19.6. The molecule has 0 fully saturated rings. The Labute approximate surface area is 155 Å². The molecule has 0 saturated carbocycles. The second-order valence-corrected chi connectivity index (χ2v) is 7.10. The Morgan fingerprint density at radius 3 is 2.46 bits per heavy atom. The van der Waals surface area contributed by atoms with Gasteiger partial charge in [-0.1, -0.05) is 44.2 Å². The lowest BCUT2D eigenvalue weighted by Crippen LogP contribution is -2.40. The summed E-state index contributed by atoms with van der Waals surface area (Å²) in [6.45, 7) is 3.96. The Bertz CT molecular complexity index is 774. The molecule has 0 spiro atoms. The van der Waals surface area contributed by atoms with Crippen LogP contribution in [0, 0.1) is 5.92 Å². The molecular formula is C18H21N3O4S. The van der Waals surface area contributed by atoms with Gasteiger partial charge in [0.2, 0.25) is 11.8 Å². The number of nitrogens with one attached hydrogen (secondary N) is 2. The van der Waals surface area contributed by atoms with E-state index in [2.05, 4.69) is 15.6 Å². The minimum Gasteiger partial charge on any atom is -0.476 e. The third kappa shape index (κ3) is 5.66. The summed E-state index contributed by atoms with van der Waals surface area (Å²) in [4.78, 5) is 39.5. The van der Waals surface area contributed by atoms with Crippen molar-refractivity contribution in [1.29, 1.82) is 0 Å². The quantitative estimate of drug-likeness (QED) is 0.656. The van der Waals surface area contributed by atoms with Crippen molar-refractivity contribution in [3.05, 3.63) is 52.0 Å². The topological polar surface area (TPSA) is 108 Å². The van der Waals surface area contributed by atoms with Crippen LogP contribution in [0.1, 0.15) is 47.4 Å². The lowest BCUT2D eigenvalue weighted by atomic mass is 10.0. The largest absolute Gasteiger partial charge is 0.476 e. The monoisotopic (exact) mass is 375 g/mol. The Morgan fingerprint density at radius 1 is 1.19 bits per heavy atom. The molecule has 1 heterocycles. The predicted octanol–water partition coefficient (Wildman–Crippen LogP) is 2.36. The summed E-state index contributed by atoms with van der Waals surface area (Å²) in [5, 5.41) is 16.3. The second-order valence-electron chi connectivity index (χ2n) is 6.16. The molecule has 1 atom stereocenters. The Hall–Kier alpha value is -2.74. The highest BCUT2D eigenvalue weighted by Crippen LogP contribution is 2.15. The van der Waals surface area contributed by atoms with Gasteiger partial charge in [0.15, 0.2) is 5.69 Å². The molecule has 3 N–H and O–H groups in total. The van der Waals surface area contributed by atoms with Crippen molar-refractivity contribution in [2.24, 2.45) is 5.92 Å². The molecule has 138 valence electrons. The number of carboxylic acids is 1. The number of nitrogens with zero attached hydrogens (tertiary/aromatic N) is 1. The van der Waals surface area contributed by atoms with E-state index in [0.717, 1.165) is 11.3 Å². The minimum absolute atomic E-state index is 0.0518. The molecule has 8 heteroatoms. The molecule has 26 heavy (non-hydrogen) atoms. The summed E-state index contributed by atoms with van der Waals surface area (Å²) in [7, 11) is 0. The number of carboxylic acid groups (broad SMARTS) is 1. The molecule has 1 unspecified atom stereocenters. The van der Waals surface area contributed by atoms with Crippen LogP contribution in [0.25, 0.3) is 0 Å². The number of carbonyl (C=O) groups is 3. The molecule has 0 bridgehead atoms. The van der Waals surface area contributed by atoms with E-state index in [4.69, 9.17) is 5.11 Å². The number of aromatic carboxylic acids is 1. The van der Waals surface area contributed by atoms with Crippen LogP contribution in [-0.4, -0.2) is 27.9 Å². The molecule has 0 aliphatic carbocycles. The van der Waals surface area contributed by atoms with E-state index in [0.29, 0.717) is 17.0 Å². The molecule has 1 aromatic heterocycles. The Morgan fingerprint density at radius 2 is 1.88 bits per heavy atom. The van der Waals surface area contributed by atoms with E-state index in [1.165, 1.54) is 5.38 Å². The average Bonchev–Trinajstić information content (AvgIpc) is 3.07. The number of hydrogen-bond donors (Lipinski definition) is 3. The van der Waals surface area contributed by atoms with Crippen molar-refractivity contribution >= 4 is 29.1 Å². The number of benzene rings is 1. The highest BCUT2D eigenvalue weighted by atomic mass is 32.1. The van der Waals surface area contributed by atoms with Gasteiger partial charge in [0.1, 0.15) is 11.0 Å². The van der Waals surface area contributed by atoms with Gasteiger partial charge in [0.05, 0.1) is 6.54 Å². The molecule has 2 amide bonds. The van der Waals surface area contributed by atoms with Crippen molar-refractivity contribution < 1.29 is 19.5 Å². The van der Waals surface area contributed by atoms with Gasteiger partial charge < -0.3 is 15.7 Å². The van der Waals surface area contributed by atoms with Crippen molar-refractivity contribution in [3.8, 4) is 0 Å². The molecule has 7 nitrogen and oxygen atoms in total. The maximum Gasteiger partial charge on any atom is 0.355 e. The van der Waals surface area contributed by atoms with Gasteiger partial charge >= 0.3 is 5.97 Å². The summed E-state index contributed by atoms with van der Waals surface area (Å²) in [5.74, 6) is -1.51. The lowest BCUT2D eigenvalue weighted by Gasteiger charge is -2.19. The van der Waals surface area contributed by atoms with E-state index in [1.807, 2.05) is 19.9 Å². The lowest BCUT2D eigenvalue weighted by molar-refractivity contribution is -0.129. The third-order valence-electron chi connectivity index (χ3n) is 3.48. The fraction of sp³-hybridized carbons (Fsp3) is 0.333. The van der Waals surface area contributed by atoms with Crippen molar-refractivity contribution in [2.45, 2.75) is 32.9 Å². The second kappa shape index (κ2) is 9.10. The number of rotatable bonds is 8. The molecular weight excluding hydrogens is 354 g/mol. The van der Waals surface area contributed by atoms with Crippen molar-refractivity contribution in [2.75, 3.05) is 0 Å². The third-order valence-corrected chi connectivity index (χ3v) is 4.33. The maximum absolute atomic E-state index is 12.6. The SMILES string of the molecule is CC(C)CC(=O)NC(C(=O)NCc1nc(C(=O)O)cs1)c1ccccc1. The van der Waals surface area contributed by atoms with E-state index >= 15 is 0 Å². The fourth-order valence-corrected chi connectivity index (χ4v) is 3.00. The van der Waals surface area contributed by atoms with Crippen LogP contribution in [0.4, 0.5) is 0 Å². The van der Waals surface area contributed by atoms with Crippen LogP contribution in [0.3, 0.4) is 0 Å². The summed E-state index contributed by atoms with van der Waals surface area (Å²) < 4.78 is 0. The van der Waals surface area contributed by atoms with Gasteiger partial charge in [0, 0.05) is 11.8 Å². The van der Waals surface area contributed by atoms with Gasteiger partial charge in [0.25, 0.3) is 0 Å². The van der Waals surface area contributed by atoms with Gasteiger partial charge in [-0.2, -0.15) is 0 Å². The highest BCUT2D eigenvalue weighted by Gasteiger charge is 2.23. The summed E-state index contributed by atoms with van der Waals surface area (Å²) in [6.07, 6.45) is 0.324. The molecule has 2 aromatic rings. The number of aromatic nitrogens is 1. The zero-order valence-electron chi connectivity index (χ0n) is 14.6. The molecule has 0 aliphatic rings. The predicted molar refractivity (Wildman–Crippen MR) is 97.7 cm³/mol. The molecule has 2 rings (SSSR count). The smallest absolute Gasteiger partial charge is 0.355 e. The van der Waals surface area contributed by atoms with Crippen LogP contribution < -0.4 is 10.6 Å². The first-order valence-corrected chi connectivity index (χ1v) is 9.04. The van der Waals surface area contributed by atoms with E-state index in [9.17, 15) is 14.4 Å². The standard InChI is InChI=1S/C18H21N3O4S/c1-11(2)8-14(22)21-16(12-6-4-3-5-7-12)17(23)19-9-15-20-13(10-26-15)18(24)25/h3-7,10-11,16H,8-9H2,1-2H3,(H,19,23)(H,21,22)(H,24,25). The van der Waals surface area contributed by atoms with E-state index in [-0.39, 0.29) is 30.0 Å². The van der Waals surface area contributed by atoms with Crippen LogP contribution in [-0.2, 0) is 16.1 Å². The average molecular weight is 375 g/mol. The number of thiazole rings is 1. The zero-order chi connectivity index (χ0) is 19.1. The number of hydrogen-bond acceptors (Lipinski definition) is 5. The summed E-state index contributed by atoms with van der Waals surface area (Å²) in [6, 6.07) is 8.14. The van der Waals surface area contributed by atoms with Gasteiger partial charge in [-0.3, -0.25) is 9.59 Å². The Balaban J connectivity index is 2.06. The van der Waals surface area contributed by atoms with Gasteiger partial charge in [-0.15, -0.1) is 11.3 Å². The van der Waals surface area contributed by atoms with Crippen LogP contribution >= 0.6 is 11.3 Å². The zero-order valence-corrected chi connectivity index (χ0v) is 15.4. The molecule has 1 aromatic carbocycles. The fourth-order valence-electron chi connectivity index (χ4n) is 2.29. The molecule has 0 radical (unpaired) electrons. The first-order valence-electron chi connectivity index (χ1n) is 8.16. The van der Waals surface area contributed by atoms with Crippen LogP contribution in [0.2, 0.25) is 0 Å². The van der Waals surface area contributed by atoms with Crippen LogP contribution in [0.15, 0.2) is 35.7 Å². The normalized spacial score (nSPS) is 11.8. The number of carbonyl (C=O) groups excluding carboxylic acids is 2. The Kier molecular flexibility index (Phi) is 6.85. The van der Waals surface area contributed by atoms with Crippen LogP contribution in [0.5, 0.6) is 0 Å². The maximum atomic E-state index is 12.6. The summed E-state index contributed by atoms with van der Waals surface area (Å²) in [5.41, 5.74) is 0.622. The van der Waals surface area contributed by atoms with Crippen molar-refractivity contribution in [1.82, 2.24) is 15.6 Å². The van der Waals surface area contributed by atoms with Gasteiger partial charge in [-0.05, 0) is 11.5 Å². The van der Waals surface area contributed by atoms with Crippen molar-refractivity contribution in [3.63, 3.8) is 0 Å². The molecule has 0 aliphatic heterocycles. The van der Waals surface area contributed by atoms with E-state index < -0.39 is 12.0 Å². The molecule has 0 saturated heterocycles. The van der Waals surface area contributed by atoms with E-state index in [1.54, 1.807) is 24.3 Å².